The first-order valence-corrected chi connectivity index (χ1v) is 7.46. The minimum atomic E-state index is 0.224. The van der Waals surface area contributed by atoms with Crippen molar-refractivity contribution in [1.29, 1.82) is 0 Å². The Morgan fingerprint density at radius 3 is 3.16 bits per heavy atom. The monoisotopic (exact) mass is 282 g/mol. The molecule has 2 rings (SSSR count). The van der Waals surface area contributed by atoms with Crippen LogP contribution >= 0.6 is 11.3 Å². The Morgan fingerprint density at radius 2 is 2.53 bits per heavy atom. The van der Waals surface area contributed by atoms with Crippen LogP contribution in [0.2, 0.25) is 0 Å². The first kappa shape index (κ1) is 14.3. The van der Waals surface area contributed by atoms with Crippen LogP contribution in [-0.2, 0) is 4.74 Å². The maximum absolute atomic E-state index is 6.05. The average Bonchev–Trinajstić information content (AvgIpc) is 2.82. The van der Waals surface area contributed by atoms with Gasteiger partial charge in [-0.25, -0.2) is 4.98 Å². The molecule has 0 saturated carbocycles. The molecule has 1 fully saturated rings. The molecule has 2 unspecified atom stereocenters. The molecule has 0 radical (unpaired) electrons. The highest BCUT2D eigenvalue weighted by molar-refractivity contribution is 7.11. The third kappa shape index (κ3) is 3.91. The Morgan fingerprint density at radius 1 is 1.74 bits per heavy atom. The van der Waals surface area contributed by atoms with Crippen LogP contribution in [0.4, 0.5) is 0 Å². The molecular weight excluding hydrogens is 260 g/mol. The average molecular weight is 282 g/mol. The standard InChI is InChI=1S/C13H22N4OS/c1-9(12-15-7-11(3)19-12)6-16-13(14)17-4-5-18-10(2)8-17/h7,9-10H,4-6,8H2,1-3H3,(H2,14,16). The molecule has 0 spiro atoms. The number of morpholine rings is 1. The van der Waals surface area contributed by atoms with Crippen LogP contribution < -0.4 is 5.73 Å². The first-order chi connectivity index (χ1) is 9.06. The van der Waals surface area contributed by atoms with Gasteiger partial charge in [0, 0.05) is 30.1 Å². The summed E-state index contributed by atoms with van der Waals surface area (Å²) in [5.74, 6) is 0.936. The van der Waals surface area contributed by atoms with Crippen molar-refractivity contribution in [2.24, 2.45) is 10.7 Å². The van der Waals surface area contributed by atoms with Gasteiger partial charge < -0.3 is 15.4 Å². The van der Waals surface area contributed by atoms with Crippen LogP contribution in [0.25, 0.3) is 0 Å². The SMILES string of the molecule is Cc1cnc(C(C)CN=C(N)N2CCOC(C)C2)s1. The molecule has 2 heterocycles. The third-order valence-corrected chi connectivity index (χ3v) is 4.30. The number of hydrogen-bond donors (Lipinski definition) is 1. The summed E-state index contributed by atoms with van der Waals surface area (Å²) >= 11 is 1.73. The van der Waals surface area contributed by atoms with Crippen LogP contribution in [0, 0.1) is 6.92 Å². The van der Waals surface area contributed by atoms with Gasteiger partial charge in [-0.05, 0) is 13.8 Å². The zero-order chi connectivity index (χ0) is 13.8. The smallest absolute Gasteiger partial charge is 0.191 e. The van der Waals surface area contributed by atoms with Gasteiger partial charge >= 0.3 is 0 Å². The molecule has 0 amide bonds. The fourth-order valence-corrected chi connectivity index (χ4v) is 2.85. The molecule has 5 nitrogen and oxygen atoms in total. The summed E-state index contributed by atoms with van der Waals surface area (Å²) in [6, 6.07) is 0. The second kappa shape index (κ2) is 6.34. The molecule has 2 atom stereocenters. The molecule has 6 heteroatoms. The quantitative estimate of drug-likeness (QED) is 0.675. The maximum atomic E-state index is 6.05. The number of aryl methyl sites for hydroxylation is 1. The van der Waals surface area contributed by atoms with Gasteiger partial charge in [-0.2, -0.15) is 0 Å². The van der Waals surface area contributed by atoms with Gasteiger partial charge in [-0.1, -0.05) is 6.92 Å². The van der Waals surface area contributed by atoms with Crippen molar-refractivity contribution in [3.63, 3.8) is 0 Å². The van der Waals surface area contributed by atoms with Crippen molar-refractivity contribution in [2.45, 2.75) is 32.8 Å². The van der Waals surface area contributed by atoms with Crippen molar-refractivity contribution < 1.29 is 4.74 Å². The van der Waals surface area contributed by atoms with E-state index in [-0.39, 0.29) is 6.10 Å². The minimum Gasteiger partial charge on any atom is -0.375 e. The van der Waals surface area contributed by atoms with Crippen LogP contribution in [0.5, 0.6) is 0 Å². The molecule has 0 bridgehead atoms. The summed E-state index contributed by atoms with van der Waals surface area (Å²) in [5, 5.41) is 1.13. The van der Waals surface area contributed by atoms with E-state index in [4.69, 9.17) is 10.5 Å². The largest absolute Gasteiger partial charge is 0.375 e. The first-order valence-electron chi connectivity index (χ1n) is 6.65. The second-order valence-corrected chi connectivity index (χ2v) is 6.30. The molecule has 1 aromatic heterocycles. The summed E-state index contributed by atoms with van der Waals surface area (Å²) in [4.78, 5) is 12.2. The second-order valence-electron chi connectivity index (χ2n) is 5.04. The van der Waals surface area contributed by atoms with E-state index in [9.17, 15) is 0 Å². The zero-order valence-electron chi connectivity index (χ0n) is 11.8. The van der Waals surface area contributed by atoms with Crippen LogP contribution in [0.1, 0.15) is 29.7 Å². The van der Waals surface area contributed by atoms with E-state index < -0.39 is 0 Å². The molecule has 0 aromatic carbocycles. The number of nitrogens with zero attached hydrogens (tertiary/aromatic N) is 3. The number of ether oxygens (including phenoxy) is 1. The molecule has 19 heavy (non-hydrogen) atoms. The Balaban J connectivity index is 1.90. The van der Waals surface area contributed by atoms with E-state index in [1.54, 1.807) is 11.3 Å². The van der Waals surface area contributed by atoms with E-state index >= 15 is 0 Å². The summed E-state index contributed by atoms with van der Waals surface area (Å²) in [6.45, 7) is 9.31. The molecule has 0 aliphatic carbocycles. The van der Waals surface area contributed by atoms with Gasteiger partial charge in [0.25, 0.3) is 0 Å². The number of rotatable bonds is 3. The van der Waals surface area contributed by atoms with Crippen molar-refractivity contribution in [1.82, 2.24) is 9.88 Å². The van der Waals surface area contributed by atoms with Gasteiger partial charge in [-0.3, -0.25) is 4.99 Å². The predicted molar refractivity (Wildman–Crippen MR) is 78.7 cm³/mol. The van der Waals surface area contributed by atoms with Gasteiger partial charge in [0.15, 0.2) is 5.96 Å². The lowest BCUT2D eigenvalue weighted by Gasteiger charge is -2.31. The highest BCUT2D eigenvalue weighted by Gasteiger charge is 2.18. The zero-order valence-corrected chi connectivity index (χ0v) is 12.6. The lowest BCUT2D eigenvalue weighted by molar-refractivity contribution is 0.00529. The Bertz CT molecular complexity index is 446. The molecule has 1 aliphatic heterocycles. The molecular formula is C13H22N4OS. The van der Waals surface area contributed by atoms with Crippen LogP contribution in [-0.4, -0.2) is 48.2 Å². The third-order valence-electron chi connectivity index (χ3n) is 3.15. The fraction of sp³-hybridized carbons (Fsp3) is 0.692. The summed E-state index contributed by atoms with van der Waals surface area (Å²) in [5.41, 5.74) is 6.05. The van der Waals surface area contributed by atoms with Gasteiger partial charge in [0.1, 0.15) is 0 Å². The van der Waals surface area contributed by atoms with E-state index in [0.717, 1.165) is 24.7 Å². The number of nitrogens with two attached hydrogens (primary N) is 1. The van der Waals surface area contributed by atoms with E-state index in [1.165, 1.54) is 4.88 Å². The fourth-order valence-electron chi connectivity index (χ4n) is 2.04. The number of hydrogen-bond acceptors (Lipinski definition) is 4. The topological polar surface area (TPSA) is 63.7 Å². The summed E-state index contributed by atoms with van der Waals surface area (Å²) in [6.07, 6.45) is 2.13. The molecule has 1 saturated heterocycles. The summed E-state index contributed by atoms with van der Waals surface area (Å²) in [7, 11) is 0. The van der Waals surface area contributed by atoms with Gasteiger partial charge in [-0.15, -0.1) is 11.3 Å². The molecule has 1 aromatic rings. The number of thiazole rings is 1. The Labute approximate surface area is 118 Å². The van der Waals surface area contributed by atoms with Crippen molar-refractivity contribution in [3.8, 4) is 0 Å². The molecule has 1 aliphatic rings. The Kier molecular flexibility index (Phi) is 4.76. The lowest BCUT2D eigenvalue weighted by Crippen LogP contribution is -2.48. The predicted octanol–water partition coefficient (Wildman–Crippen LogP) is 1.59. The van der Waals surface area contributed by atoms with Crippen LogP contribution in [0.3, 0.4) is 0 Å². The number of guanidine groups is 1. The Hall–Kier alpha value is -1.14. The van der Waals surface area contributed by atoms with Crippen LogP contribution in [0.15, 0.2) is 11.2 Å². The van der Waals surface area contributed by atoms with Gasteiger partial charge in [0.05, 0.1) is 24.3 Å². The normalized spacial score (nSPS) is 22.6. The number of aromatic nitrogens is 1. The maximum Gasteiger partial charge on any atom is 0.191 e. The minimum absolute atomic E-state index is 0.224. The van der Waals surface area contributed by atoms with Crippen molar-refractivity contribution >= 4 is 17.3 Å². The van der Waals surface area contributed by atoms with Crippen molar-refractivity contribution in [3.05, 3.63) is 16.1 Å². The van der Waals surface area contributed by atoms with E-state index in [1.807, 2.05) is 6.20 Å². The van der Waals surface area contributed by atoms with Crippen molar-refractivity contribution in [2.75, 3.05) is 26.2 Å². The van der Waals surface area contributed by atoms with E-state index in [2.05, 4.69) is 35.6 Å². The van der Waals surface area contributed by atoms with E-state index in [0.29, 0.717) is 18.4 Å². The lowest BCUT2D eigenvalue weighted by atomic mass is 10.2. The number of aliphatic imine (C=N–C) groups is 1. The molecule has 2 N–H and O–H groups in total. The highest BCUT2D eigenvalue weighted by atomic mass is 32.1. The highest BCUT2D eigenvalue weighted by Crippen LogP contribution is 2.21. The van der Waals surface area contributed by atoms with Gasteiger partial charge in [0.2, 0.25) is 0 Å². The summed E-state index contributed by atoms with van der Waals surface area (Å²) < 4.78 is 5.50. The molecule has 106 valence electrons.